The van der Waals surface area contributed by atoms with Crippen molar-refractivity contribution in [2.45, 2.75) is 6.42 Å². The van der Waals surface area contributed by atoms with Crippen LogP contribution in [0.1, 0.15) is 22.3 Å². The second-order valence-corrected chi connectivity index (χ2v) is 5.20. The van der Waals surface area contributed by atoms with Gasteiger partial charge in [0.2, 0.25) is 0 Å². The third-order valence-corrected chi connectivity index (χ3v) is 3.35. The van der Waals surface area contributed by atoms with Crippen LogP contribution < -0.4 is 0 Å². The molecule has 0 radical (unpaired) electrons. The van der Waals surface area contributed by atoms with Crippen LogP contribution in [0.25, 0.3) is 6.08 Å². The summed E-state index contributed by atoms with van der Waals surface area (Å²) < 4.78 is 0.629. The molecule has 0 aliphatic heterocycles. The summed E-state index contributed by atoms with van der Waals surface area (Å²) in [5.41, 5.74) is 4.60. The summed E-state index contributed by atoms with van der Waals surface area (Å²) >= 11 is 9.51. The zero-order chi connectivity index (χ0) is 13.0. The molecule has 0 heterocycles. The second kappa shape index (κ2) is 5.98. The molecule has 0 aliphatic carbocycles. The van der Waals surface area contributed by atoms with Crippen molar-refractivity contribution in [1.29, 1.82) is 0 Å². The predicted octanol–water partition coefficient (Wildman–Crippen LogP) is 4.53. The molecule has 2 aromatic rings. The maximum absolute atomic E-state index is 5.20. The zero-order valence-corrected chi connectivity index (χ0v) is 11.7. The summed E-state index contributed by atoms with van der Waals surface area (Å²) in [6.07, 6.45) is 2.72. The smallest absolute Gasteiger partial charge is 0.0750 e. The van der Waals surface area contributed by atoms with Gasteiger partial charge in [0.05, 0.1) is 4.20 Å². The Hall–Kier alpha value is -1.38. The second-order valence-electron chi connectivity index (χ2n) is 4.05. The quantitative estimate of drug-likeness (QED) is 0.629. The summed E-state index contributed by atoms with van der Waals surface area (Å²) in [5.74, 6) is 0. The highest BCUT2D eigenvalue weighted by Gasteiger charge is 2.09. The van der Waals surface area contributed by atoms with E-state index in [0.29, 0.717) is 4.20 Å². The first-order valence-electron chi connectivity index (χ1n) is 5.74. The van der Waals surface area contributed by atoms with E-state index in [-0.39, 0.29) is 0 Å². The van der Waals surface area contributed by atoms with E-state index in [4.69, 9.17) is 12.2 Å². The first-order chi connectivity index (χ1) is 8.72. The molecule has 0 amide bonds. The number of rotatable bonds is 4. The minimum atomic E-state index is 0.629. The third-order valence-electron chi connectivity index (χ3n) is 2.89. The first-order valence-corrected chi connectivity index (χ1v) is 6.59. The topological polar surface area (TPSA) is 0 Å². The van der Waals surface area contributed by atoms with Gasteiger partial charge < -0.3 is 0 Å². The van der Waals surface area contributed by atoms with E-state index < -0.39 is 0 Å². The lowest BCUT2D eigenvalue weighted by Crippen LogP contribution is -2.00. The summed E-state index contributed by atoms with van der Waals surface area (Å²) in [7, 11) is 0. The van der Waals surface area contributed by atoms with Gasteiger partial charge in [-0.05, 0) is 23.1 Å². The highest BCUT2D eigenvalue weighted by molar-refractivity contribution is 8.11. The van der Waals surface area contributed by atoms with Gasteiger partial charge in [0, 0.05) is 5.56 Å². The summed E-state index contributed by atoms with van der Waals surface area (Å²) in [5, 5.41) is 0. The van der Waals surface area contributed by atoms with E-state index in [1.54, 1.807) is 0 Å². The Kier molecular flexibility index (Phi) is 4.34. The Bertz CT molecular complexity index is 571. The SMILES string of the molecule is C=Cc1cccc(C(=S)S)c1Cc1ccccc1. The number of thiocarbonyl (C=S) groups is 1. The van der Waals surface area contributed by atoms with E-state index in [1.807, 2.05) is 36.4 Å². The molecule has 0 nitrogen and oxygen atoms in total. The molecule has 0 aromatic heterocycles. The van der Waals surface area contributed by atoms with E-state index in [9.17, 15) is 0 Å². The van der Waals surface area contributed by atoms with Gasteiger partial charge in [0.25, 0.3) is 0 Å². The Morgan fingerprint density at radius 2 is 1.83 bits per heavy atom. The Labute approximate surface area is 119 Å². The van der Waals surface area contributed by atoms with Gasteiger partial charge in [-0.3, -0.25) is 0 Å². The normalized spacial score (nSPS) is 10.1. The van der Waals surface area contributed by atoms with Crippen molar-refractivity contribution in [3.05, 3.63) is 77.4 Å². The lowest BCUT2D eigenvalue weighted by molar-refractivity contribution is 1.18. The lowest BCUT2D eigenvalue weighted by Gasteiger charge is -2.11. The fourth-order valence-corrected chi connectivity index (χ4v) is 2.39. The van der Waals surface area contributed by atoms with Gasteiger partial charge >= 0.3 is 0 Å². The first kappa shape index (κ1) is 13.1. The van der Waals surface area contributed by atoms with Crippen molar-refractivity contribution < 1.29 is 0 Å². The largest absolute Gasteiger partial charge is 0.131 e. The highest BCUT2D eigenvalue weighted by Crippen LogP contribution is 2.22. The molecule has 2 rings (SSSR count). The minimum absolute atomic E-state index is 0.629. The van der Waals surface area contributed by atoms with E-state index in [1.165, 1.54) is 11.1 Å². The molecule has 0 saturated heterocycles. The molecule has 18 heavy (non-hydrogen) atoms. The van der Waals surface area contributed by atoms with Gasteiger partial charge in [-0.25, -0.2) is 0 Å². The monoisotopic (exact) mass is 270 g/mol. The van der Waals surface area contributed by atoms with E-state index >= 15 is 0 Å². The van der Waals surface area contributed by atoms with Crippen LogP contribution in [0.5, 0.6) is 0 Å². The van der Waals surface area contributed by atoms with Crippen LogP contribution in [-0.4, -0.2) is 4.20 Å². The summed E-state index contributed by atoms with van der Waals surface area (Å²) in [6, 6.07) is 16.4. The molecule has 0 N–H and O–H groups in total. The van der Waals surface area contributed by atoms with Crippen LogP contribution in [0.2, 0.25) is 0 Å². The van der Waals surface area contributed by atoms with Crippen LogP contribution in [0.3, 0.4) is 0 Å². The molecule has 0 bridgehead atoms. The van der Waals surface area contributed by atoms with Gasteiger partial charge in [-0.15, -0.1) is 12.6 Å². The Morgan fingerprint density at radius 1 is 1.11 bits per heavy atom. The number of benzene rings is 2. The van der Waals surface area contributed by atoms with Gasteiger partial charge in [0.1, 0.15) is 0 Å². The fourth-order valence-electron chi connectivity index (χ4n) is 1.99. The molecule has 0 fully saturated rings. The standard InChI is InChI=1S/C16H14S2/c1-2-13-9-6-10-14(16(17)18)15(13)11-12-7-4-3-5-8-12/h2-10H,1,11H2,(H,17,18). The molecule has 0 spiro atoms. The number of hydrogen-bond acceptors (Lipinski definition) is 1. The molecule has 0 atom stereocenters. The molecule has 0 unspecified atom stereocenters. The third kappa shape index (κ3) is 2.89. The van der Waals surface area contributed by atoms with Crippen LogP contribution in [0, 0.1) is 0 Å². The van der Waals surface area contributed by atoms with Crippen molar-refractivity contribution in [1.82, 2.24) is 0 Å². The maximum Gasteiger partial charge on any atom is 0.0750 e. The van der Waals surface area contributed by atoms with Crippen molar-refractivity contribution >= 4 is 35.1 Å². The van der Waals surface area contributed by atoms with Crippen LogP contribution in [0.15, 0.2) is 55.1 Å². The van der Waals surface area contributed by atoms with Crippen LogP contribution in [0.4, 0.5) is 0 Å². The molecule has 0 saturated carbocycles. The van der Waals surface area contributed by atoms with Crippen LogP contribution >= 0.6 is 24.8 Å². The average molecular weight is 270 g/mol. The van der Waals surface area contributed by atoms with Crippen molar-refractivity contribution in [2.75, 3.05) is 0 Å². The van der Waals surface area contributed by atoms with E-state index in [2.05, 4.69) is 37.4 Å². The molecule has 2 heteroatoms. The molecule has 90 valence electrons. The fraction of sp³-hybridized carbons (Fsp3) is 0.0625. The van der Waals surface area contributed by atoms with Gasteiger partial charge in [-0.1, -0.05) is 73.4 Å². The molecule has 2 aromatic carbocycles. The number of hydrogen-bond donors (Lipinski definition) is 1. The zero-order valence-electron chi connectivity index (χ0n) is 9.97. The van der Waals surface area contributed by atoms with Crippen molar-refractivity contribution in [3.8, 4) is 0 Å². The van der Waals surface area contributed by atoms with Gasteiger partial charge in [0.15, 0.2) is 0 Å². The molecular weight excluding hydrogens is 256 g/mol. The van der Waals surface area contributed by atoms with E-state index in [0.717, 1.165) is 17.5 Å². The molecular formula is C16H14S2. The van der Waals surface area contributed by atoms with Gasteiger partial charge in [-0.2, -0.15) is 0 Å². The molecule has 0 aliphatic rings. The maximum atomic E-state index is 5.20. The highest BCUT2D eigenvalue weighted by atomic mass is 32.1. The van der Waals surface area contributed by atoms with Crippen molar-refractivity contribution in [2.24, 2.45) is 0 Å². The minimum Gasteiger partial charge on any atom is -0.131 e. The lowest BCUT2D eigenvalue weighted by atomic mass is 9.95. The average Bonchev–Trinajstić information content (AvgIpc) is 2.40. The van der Waals surface area contributed by atoms with Crippen LogP contribution in [-0.2, 0) is 6.42 Å². The summed E-state index contributed by atoms with van der Waals surface area (Å²) in [4.78, 5) is 0. The Morgan fingerprint density at radius 3 is 2.44 bits per heavy atom. The predicted molar refractivity (Wildman–Crippen MR) is 86.5 cm³/mol. The van der Waals surface area contributed by atoms with Crippen molar-refractivity contribution in [3.63, 3.8) is 0 Å². The summed E-state index contributed by atoms with van der Waals surface area (Å²) in [6.45, 7) is 3.87. The number of thiol groups is 1. The Balaban J connectivity index is 2.48.